The molecule has 1 atom stereocenters. The molecule has 1 aromatic rings. The van der Waals surface area contributed by atoms with Gasteiger partial charge in [-0.15, -0.1) is 0 Å². The molecule has 1 aromatic carbocycles. The number of benzene rings is 1. The Kier molecular flexibility index (Phi) is 5.53. The van der Waals surface area contributed by atoms with Crippen LogP contribution in [-0.2, 0) is 16.1 Å². The number of hydrogen-bond acceptors (Lipinski definition) is 3. The number of rotatable bonds is 6. The molecule has 2 amide bonds. The van der Waals surface area contributed by atoms with Gasteiger partial charge in [-0.05, 0) is 30.5 Å². The van der Waals surface area contributed by atoms with E-state index in [9.17, 15) is 9.59 Å². The maximum atomic E-state index is 12.4. The SMILES string of the molecule is CCC(CC)N1C(=O)CC(NCc2ccc(Br)cc2)C1=O. The van der Waals surface area contributed by atoms with Gasteiger partial charge in [0.25, 0.3) is 0 Å². The largest absolute Gasteiger partial charge is 0.301 e. The van der Waals surface area contributed by atoms with Gasteiger partial charge in [0.05, 0.1) is 12.5 Å². The summed E-state index contributed by atoms with van der Waals surface area (Å²) in [6, 6.07) is 7.57. The van der Waals surface area contributed by atoms with Crippen molar-refractivity contribution in [2.45, 2.75) is 51.7 Å². The third-order valence-corrected chi connectivity index (χ3v) is 4.49. The van der Waals surface area contributed by atoms with Gasteiger partial charge in [0.2, 0.25) is 11.8 Å². The van der Waals surface area contributed by atoms with Crippen LogP contribution in [0.25, 0.3) is 0 Å². The summed E-state index contributed by atoms with van der Waals surface area (Å²) in [5.41, 5.74) is 1.10. The summed E-state index contributed by atoms with van der Waals surface area (Å²) in [6.45, 7) is 4.61. The molecule has 1 saturated heterocycles. The van der Waals surface area contributed by atoms with Crippen LogP contribution in [0.2, 0.25) is 0 Å². The summed E-state index contributed by atoms with van der Waals surface area (Å²) in [7, 11) is 0. The first-order valence-corrected chi connectivity index (χ1v) is 8.19. The van der Waals surface area contributed by atoms with E-state index in [0.717, 1.165) is 22.9 Å². The van der Waals surface area contributed by atoms with E-state index in [2.05, 4.69) is 21.2 Å². The van der Waals surface area contributed by atoms with Crippen molar-refractivity contribution in [3.05, 3.63) is 34.3 Å². The van der Waals surface area contributed by atoms with Crippen LogP contribution in [0.1, 0.15) is 38.7 Å². The predicted octanol–water partition coefficient (Wildman–Crippen LogP) is 2.85. The number of imide groups is 1. The van der Waals surface area contributed by atoms with Crippen LogP contribution >= 0.6 is 15.9 Å². The quantitative estimate of drug-likeness (QED) is 0.800. The molecule has 2 rings (SSSR count). The molecule has 1 heterocycles. The Morgan fingerprint density at radius 2 is 1.86 bits per heavy atom. The molecular formula is C16H21BrN2O2. The van der Waals surface area contributed by atoms with E-state index in [-0.39, 0.29) is 30.3 Å². The Labute approximate surface area is 134 Å². The molecule has 1 N–H and O–H groups in total. The van der Waals surface area contributed by atoms with Gasteiger partial charge in [-0.3, -0.25) is 14.5 Å². The number of nitrogens with zero attached hydrogens (tertiary/aromatic N) is 1. The number of carbonyl (C=O) groups excluding carboxylic acids is 2. The first-order valence-electron chi connectivity index (χ1n) is 7.40. The number of carbonyl (C=O) groups is 2. The molecule has 114 valence electrons. The summed E-state index contributed by atoms with van der Waals surface area (Å²) >= 11 is 3.39. The van der Waals surface area contributed by atoms with Crippen molar-refractivity contribution in [2.24, 2.45) is 0 Å². The molecule has 1 unspecified atom stereocenters. The zero-order valence-electron chi connectivity index (χ0n) is 12.4. The Morgan fingerprint density at radius 1 is 1.24 bits per heavy atom. The highest BCUT2D eigenvalue weighted by Gasteiger charge is 2.40. The first kappa shape index (κ1) is 16.2. The van der Waals surface area contributed by atoms with Gasteiger partial charge in [-0.1, -0.05) is 41.9 Å². The molecule has 5 heteroatoms. The van der Waals surface area contributed by atoms with Crippen LogP contribution < -0.4 is 5.32 Å². The van der Waals surface area contributed by atoms with E-state index in [1.807, 2.05) is 38.1 Å². The Hall–Kier alpha value is -1.20. The molecular weight excluding hydrogens is 332 g/mol. The van der Waals surface area contributed by atoms with Gasteiger partial charge in [0.15, 0.2) is 0 Å². The molecule has 1 fully saturated rings. The number of likely N-dealkylation sites (tertiary alicyclic amines) is 1. The lowest BCUT2D eigenvalue weighted by atomic mass is 10.1. The molecule has 0 bridgehead atoms. The van der Waals surface area contributed by atoms with Crippen LogP contribution in [0.15, 0.2) is 28.7 Å². The lowest BCUT2D eigenvalue weighted by molar-refractivity contribution is -0.141. The summed E-state index contributed by atoms with van der Waals surface area (Å²) in [5, 5.41) is 3.20. The number of halogens is 1. The summed E-state index contributed by atoms with van der Waals surface area (Å²) in [6.07, 6.45) is 1.90. The zero-order chi connectivity index (χ0) is 15.4. The summed E-state index contributed by atoms with van der Waals surface area (Å²) in [4.78, 5) is 25.9. The van der Waals surface area contributed by atoms with Gasteiger partial charge in [-0.2, -0.15) is 0 Å². The average molecular weight is 353 g/mol. The molecule has 4 nitrogen and oxygen atoms in total. The minimum atomic E-state index is -0.387. The fourth-order valence-corrected chi connectivity index (χ4v) is 2.96. The first-order chi connectivity index (χ1) is 10.1. The van der Waals surface area contributed by atoms with E-state index in [4.69, 9.17) is 0 Å². The zero-order valence-corrected chi connectivity index (χ0v) is 14.0. The van der Waals surface area contributed by atoms with Crippen LogP contribution in [0.4, 0.5) is 0 Å². The Bertz CT molecular complexity index is 512. The number of hydrogen-bond donors (Lipinski definition) is 1. The van der Waals surface area contributed by atoms with Crippen molar-refractivity contribution in [3.8, 4) is 0 Å². The Balaban J connectivity index is 1.97. The highest BCUT2D eigenvalue weighted by molar-refractivity contribution is 9.10. The standard InChI is InChI=1S/C16H21BrN2O2/c1-3-13(4-2)19-15(20)9-14(16(19)21)18-10-11-5-7-12(17)8-6-11/h5-8,13-14,18H,3-4,9-10H2,1-2H3. The van der Waals surface area contributed by atoms with Crippen molar-refractivity contribution in [2.75, 3.05) is 0 Å². The maximum Gasteiger partial charge on any atom is 0.247 e. The molecule has 1 aliphatic rings. The second-order valence-corrected chi connectivity index (χ2v) is 6.25. The molecule has 0 aliphatic carbocycles. The maximum absolute atomic E-state index is 12.4. The summed E-state index contributed by atoms with van der Waals surface area (Å²) < 4.78 is 1.03. The van der Waals surface area contributed by atoms with Crippen molar-refractivity contribution >= 4 is 27.7 Å². The smallest absolute Gasteiger partial charge is 0.247 e. The lowest BCUT2D eigenvalue weighted by Crippen LogP contribution is -2.43. The molecule has 1 aliphatic heterocycles. The van der Waals surface area contributed by atoms with Crippen LogP contribution in [0.3, 0.4) is 0 Å². The van der Waals surface area contributed by atoms with Gasteiger partial charge in [0.1, 0.15) is 0 Å². The highest BCUT2D eigenvalue weighted by atomic mass is 79.9. The number of amides is 2. The van der Waals surface area contributed by atoms with E-state index in [1.165, 1.54) is 4.90 Å². The molecule has 21 heavy (non-hydrogen) atoms. The van der Waals surface area contributed by atoms with E-state index in [0.29, 0.717) is 6.54 Å². The van der Waals surface area contributed by atoms with Crippen LogP contribution in [0, 0.1) is 0 Å². The van der Waals surface area contributed by atoms with Crippen molar-refractivity contribution in [1.82, 2.24) is 10.2 Å². The topological polar surface area (TPSA) is 49.4 Å². The van der Waals surface area contributed by atoms with Crippen molar-refractivity contribution < 1.29 is 9.59 Å². The monoisotopic (exact) mass is 352 g/mol. The fraction of sp³-hybridized carbons (Fsp3) is 0.500. The average Bonchev–Trinajstić information content (AvgIpc) is 2.76. The predicted molar refractivity (Wildman–Crippen MR) is 85.6 cm³/mol. The molecule has 0 aromatic heterocycles. The van der Waals surface area contributed by atoms with E-state index >= 15 is 0 Å². The van der Waals surface area contributed by atoms with E-state index in [1.54, 1.807) is 0 Å². The van der Waals surface area contributed by atoms with Crippen LogP contribution in [0.5, 0.6) is 0 Å². The van der Waals surface area contributed by atoms with Gasteiger partial charge in [-0.25, -0.2) is 0 Å². The second kappa shape index (κ2) is 7.18. The molecule has 0 radical (unpaired) electrons. The third-order valence-electron chi connectivity index (χ3n) is 3.96. The Morgan fingerprint density at radius 3 is 2.43 bits per heavy atom. The third kappa shape index (κ3) is 3.71. The van der Waals surface area contributed by atoms with Gasteiger partial charge >= 0.3 is 0 Å². The highest BCUT2D eigenvalue weighted by Crippen LogP contribution is 2.20. The second-order valence-electron chi connectivity index (χ2n) is 5.34. The fourth-order valence-electron chi connectivity index (χ4n) is 2.69. The molecule has 0 saturated carbocycles. The summed E-state index contributed by atoms with van der Waals surface area (Å²) in [5.74, 6) is -0.132. The van der Waals surface area contributed by atoms with Crippen molar-refractivity contribution in [1.29, 1.82) is 0 Å². The normalized spacial score (nSPS) is 18.9. The lowest BCUT2D eigenvalue weighted by Gasteiger charge is -2.24. The van der Waals surface area contributed by atoms with Crippen LogP contribution in [-0.4, -0.2) is 28.8 Å². The van der Waals surface area contributed by atoms with E-state index < -0.39 is 0 Å². The van der Waals surface area contributed by atoms with Gasteiger partial charge < -0.3 is 5.32 Å². The minimum Gasteiger partial charge on any atom is -0.301 e. The minimum absolute atomic E-state index is 0.0319. The van der Waals surface area contributed by atoms with Crippen molar-refractivity contribution in [3.63, 3.8) is 0 Å². The molecule has 0 spiro atoms. The number of nitrogens with one attached hydrogen (secondary N) is 1. The van der Waals surface area contributed by atoms with Gasteiger partial charge in [0, 0.05) is 17.1 Å².